The SMILES string of the molecule is CCCCc1cn(CCc2ccccc2)c(=O)n1Cc1ccc(-c2cnccc2-c2nnn[nH]2)cc1. The summed E-state index contributed by atoms with van der Waals surface area (Å²) < 4.78 is 3.78. The van der Waals surface area contributed by atoms with Crippen LogP contribution in [0.4, 0.5) is 0 Å². The summed E-state index contributed by atoms with van der Waals surface area (Å²) in [7, 11) is 0. The van der Waals surface area contributed by atoms with Crippen molar-refractivity contribution in [2.45, 2.75) is 45.7 Å². The number of hydrogen-bond acceptors (Lipinski definition) is 5. The molecule has 8 nitrogen and oxygen atoms in total. The van der Waals surface area contributed by atoms with Crippen molar-refractivity contribution in [1.82, 2.24) is 34.7 Å². The first-order valence-electron chi connectivity index (χ1n) is 12.3. The Morgan fingerprint density at radius 3 is 2.50 bits per heavy atom. The maximum atomic E-state index is 13.3. The molecule has 3 aromatic heterocycles. The van der Waals surface area contributed by atoms with E-state index in [1.807, 2.05) is 45.8 Å². The molecule has 182 valence electrons. The van der Waals surface area contributed by atoms with Crippen LogP contribution in [0.15, 0.2) is 84.0 Å². The normalized spacial score (nSPS) is 11.1. The van der Waals surface area contributed by atoms with Gasteiger partial charge >= 0.3 is 5.69 Å². The smallest absolute Gasteiger partial charge is 0.299 e. The summed E-state index contributed by atoms with van der Waals surface area (Å²) in [6, 6.07) is 20.5. The van der Waals surface area contributed by atoms with E-state index in [1.54, 1.807) is 6.20 Å². The van der Waals surface area contributed by atoms with E-state index in [2.05, 4.69) is 68.9 Å². The summed E-state index contributed by atoms with van der Waals surface area (Å²) in [5.41, 5.74) is 6.29. The van der Waals surface area contributed by atoms with Crippen molar-refractivity contribution in [3.8, 4) is 22.5 Å². The number of nitrogens with one attached hydrogen (secondary N) is 1. The van der Waals surface area contributed by atoms with Crippen molar-refractivity contribution < 1.29 is 0 Å². The molecule has 0 atom stereocenters. The largest absolute Gasteiger partial charge is 0.328 e. The number of nitrogens with zero attached hydrogens (tertiary/aromatic N) is 6. The van der Waals surface area contributed by atoms with Gasteiger partial charge in [-0.05, 0) is 52.4 Å². The van der Waals surface area contributed by atoms with Crippen LogP contribution in [0.1, 0.15) is 36.6 Å². The minimum atomic E-state index is 0.0495. The van der Waals surface area contributed by atoms with Gasteiger partial charge in [-0.15, -0.1) is 5.10 Å². The summed E-state index contributed by atoms with van der Waals surface area (Å²) in [6.07, 6.45) is 9.46. The van der Waals surface area contributed by atoms with Gasteiger partial charge in [-0.1, -0.05) is 67.9 Å². The topological polar surface area (TPSA) is 94.3 Å². The lowest BCUT2D eigenvalue weighted by Gasteiger charge is -2.10. The standard InChI is InChI=1S/C28H29N7O/c1-2-3-9-24-20-34(17-15-21-7-5-4-6-8-21)28(36)35(24)19-22-10-12-23(13-11-22)26-18-29-16-14-25(26)27-30-32-33-31-27/h4-8,10-14,16,18,20H,2-3,9,15,17,19H2,1H3,(H,30,31,32,33). The molecule has 0 amide bonds. The van der Waals surface area contributed by atoms with E-state index in [0.717, 1.165) is 53.6 Å². The van der Waals surface area contributed by atoms with Crippen molar-refractivity contribution in [2.24, 2.45) is 0 Å². The Kier molecular flexibility index (Phi) is 7.12. The van der Waals surface area contributed by atoms with Crippen molar-refractivity contribution >= 4 is 0 Å². The number of aryl methyl sites for hydroxylation is 3. The molecule has 0 aliphatic rings. The molecule has 5 aromatic rings. The van der Waals surface area contributed by atoms with E-state index >= 15 is 0 Å². The lowest BCUT2D eigenvalue weighted by Crippen LogP contribution is -2.26. The lowest BCUT2D eigenvalue weighted by molar-refractivity contribution is 0.626. The first-order valence-corrected chi connectivity index (χ1v) is 12.3. The molecule has 0 radical (unpaired) electrons. The number of aromatic amines is 1. The summed E-state index contributed by atoms with van der Waals surface area (Å²) in [5.74, 6) is 0.598. The second-order valence-electron chi connectivity index (χ2n) is 8.89. The number of aromatic nitrogens is 7. The molecule has 0 saturated heterocycles. The average molecular weight is 480 g/mol. The quantitative estimate of drug-likeness (QED) is 0.318. The molecule has 5 rings (SSSR count). The first kappa shape index (κ1) is 23.4. The van der Waals surface area contributed by atoms with Crippen molar-refractivity contribution in [3.63, 3.8) is 0 Å². The third-order valence-corrected chi connectivity index (χ3v) is 6.43. The van der Waals surface area contributed by atoms with Crippen molar-refractivity contribution in [1.29, 1.82) is 0 Å². The Bertz CT molecular complexity index is 1450. The van der Waals surface area contributed by atoms with Crippen LogP contribution in [0.3, 0.4) is 0 Å². The summed E-state index contributed by atoms with van der Waals surface area (Å²) in [5, 5.41) is 14.2. The molecule has 0 fully saturated rings. The van der Waals surface area contributed by atoms with E-state index in [9.17, 15) is 4.79 Å². The number of imidazole rings is 1. The molecular weight excluding hydrogens is 450 g/mol. The van der Waals surface area contributed by atoms with Gasteiger partial charge in [-0.3, -0.25) is 14.1 Å². The Morgan fingerprint density at radius 1 is 0.917 bits per heavy atom. The van der Waals surface area contributed by atoms with Gasteiger partial charge in [-0.25, -0.2) is 9.89 Å². The molecule has 36 heavy (non-hydrogen) atoms. The number of hydrogen-bond donors (Lipinski definition) is 1. The van der Waals surface area contributed by atoms with E-state index in [4.69, 9.17) is 0 Å². The maximum absolute atomic E-state index is 13.3. The Labute approximate surface area is 209 Å². The number of H-pyrrole nitrogens is 1. The van der Waals surface area contributed by atoms with Gasteiger partial charge in [-0.2, -0.15) is 0 Å². The zero-order chi connectivity index (χ0) is 24.7. The highest BCUT2D eigenvalue weighted by molar-refractivity contribution is 5.79. The van der Waals surface area contributed by atoms with Crippen LogP contribution >= 0.6 is 0 Å². The molecule has 3 heterocycles. The number of pyridine rings is 1. The number of rotatable bonds is 10. The highest BCUT2D eigenvalue weighted by Gasteiger charge is 2.13. The monoisotopic (exact) mass is 479 g/mol. The second kappa shape index (κ2) is 10.9. The number of unbranched alkanes of at least 4 members (excludes halogenated alkanes) is 1. The predicted molar refractivity (Wildman–Crippen MR) is 139 cm³/mol. The molecule has 0 aliphatic carbocycles. The molecule has 1 N–H and O–H groups in total. The minimum Gasteiger partial charge on any atom is -0.299 e. The van der Waals surface area contributed by atoms with Crippen LogP contribution in [0.25, 0.3) is 22.5 Å². The van der Waals surface area contributed by atoms with Gasteiger partial charge in [0.1, 0.15) is 0 Å². The minimum absolute atomic E-state index is 0.0495. The number of benzene rings is 2. The molecule has 8 heteroatoms. The summed E-state index contributed by atoms with van der Waals surface area (Å²) in [4.78, 5) is 17.6. The Hall–Kier alpha value is -4.33. The fourth-order valence-corrected chi connectivity index (χ4v) is 4.44. The van der Waals surface area contributed by atoms with Gasteiger partial charge < -0.3 is 0 Å². The molecule has 0 aliphatic heterocycles. The molecule has 0 spiro atoms. The molecular formula is C28H29N7O. The van der Waals surface area contributed by atoms with Crippen molar-refractivity contribution in [3.05, 3.63) is 107 Å². The second-order valence-corrected chi connectivity index (χ2v) is 8.89. The third-order valence-electron chi connectivity index (χ3n) is 6.43. The van der Waals surface area contributed by atoms with Gasteiger partial charge in [0.25, 0.3) is 0 Å². The Balaban J connectivity index is 1.38. The van der Waals surface area contributed by atoms with Crippen LogP contribution in [0, 0.1) is 0 Å². The maximum Gasteiger partial charge on any atom is 0.328 e. The number of tetrazole rings is 1. The fraction of sp³-hybridized carbons (Fsp3) is 0.250. The van der Waals surface area contributed by atoms with Gasteiger partial charge in [0.05, 0.1) is 6.54 Å². The average Bonchev–Trinajstić information content (AvgIpc) is 3.56. The zero-order valence-corrected chi connectivity index (χ0v) is 20.3. The van der Waals surface area contributed by atoms with Crippen LogP contribution < -0.4 is 5.69 Å². The van der Waals surface area contributed by atoms with E-state index in [-0.39, 0.29) is 5.69 Å². The van der Waals surface area contributed by atoms with Crippen LogP contribution in [-0.2, 0) is 25.9 Å². The van der Waals surface area contributed by atoms with Crippen LogP contribution in [0.5, 0.6) is 0 Å². The van der Waals surface area contributed by atoms with Crippen LogP contribution in [-0.4, -0.2) is 34.7 Å². The van der Waals surface area contributed by atoms with Crippen molar-refractivity contribution in [2.75, 3.05) is 0 Å². The molecule has 0 unspecified atom stereocenters. The van der Waals surface area contributed by atoms with Crippen LogP contribution in [0.2, 0.25) is 0 Å². The molecule has 2 aromatic carbocycles. The van der Waals surface area contributed by atoms with Gasteiger partial charge in [0.15, 0.2) is 5.82 Å². The summed E-state index contributed by atoms with van der Waals surface area (Å²) >= 11 is 0. The Morgan fingerprint density at radius 2 is 1.75 bits per heavy atom. The molecule has 0 bridgehead atoms. The van der Waals surface area contributed by atoms with Gasteiger partial charge in [0, 0.05) is 42.0 Å². The van der Waals surface area contributed by atoms with E-state index < -0.39 is 0 Å². The third kappa shape index (κ3) is 5.17. The van der Waals surface area contributed by atoms with E-state index in [1.165, 1.54) is 5.56 Å². The highest BCUT2D eigenvalue weighted by atomic mass is 16.1. The zero-order valence-electron chi connectivity index (χ0n) is 20.3. The van der Waals surface area contributed by atoms with E-state index in [0.29, 0.717) is 18.9 Å². The molecule has 0 saturated carbocycles. The van der Waals surface area contributed by atoms with Gasteiger partial charge in [0.2, 0.25) is 0 Å². The fourth-order valence-electron chi connectivity index (χ4n) is 4.44. The lowest BCUT2D eigenvalue weighted by atomic mass is 10.0. The first-order chi connectivity index (χ1) is 17.7. The summed E-state index contributed by atoms with van der Waals surface area (Å²) in [6.45, 7) is 3.39. The highest BCUT2D eigenvalue weighted by Crippen LogP contribution is 2.29. The predicted octanol–water partition coefficient (Wildman–Crippen LogP) is 4.53.